The molecule has 104 valence electrons. The monoisotopic (exact) mass is 288 g/mol. The summed E-state index contributed by atoms with van der Waals surface area (Å²) in [4.78, 5) is 15.9. The Kier molecular flexibility index (Phi) is 2.77. The molecule has 1 aromatic heterocycles. The van der Waals surface area contributed by atoms with Crippen molar-refractivity contribution in [2.24, 2.45) is 0 Å². The van der Waals surface area contributed by atoms with Gasteiger partial charge in [-0.25, -0.2) is 9.78 Å². The quantitative estimate of drug-likeness (QED) is 0.941. The number of hydrogen-bond donors (Lipinski definition) is 1. The first-order valence-corrected chi connectivity index (χ1v) is 8.22. The number of aromatic carboxylic acids is 1. The van der Waals surface area contributed by atoms with E-state index in [0.29, 0.717) is 17.5 Å². The molecule has 1 saturated carbocycles. The Bertz CT molecular complexity index is 684. The molecule has 2 heterocycles. The molecule has 2 aliphatic rings. The van der Waals surface area contributed by atoms with Crippen LogP contribution in [-0.2, 0) is 0 Å². The van der Waals surface area contributed by atoms with Gasteiger partial charge in [0.25, 0.3) is 0 Å². The molecule has 0 spiro atoms. The molecule has 0 amide bonds. The Morgan fingerprint density at radius 3 is 2.85 bits per heavy atom. The number of fused-ring (bicyclic) bond motifs is 1. The molecule has 1 aromatic carbocycles. The van der Waals surface area contributed by atoms with Crippen molar-refractivity contribution >= 4 is 28.8 Å². The fourth-order valence-corrected chi connectivity index (χ4v) is 4.18. The van der Waals surface area contributed by atoms with Gasteiger partial charge in [-0.1, -0.05) is 0 Å². The molecule has 1 saturated heterocycles. The number of carboxylic acid groups (broad SMARTS) is 1. The van der Waals surface area contributed by atoms with E-state index in [2.05, 4.69) is 4.57 Å². The SMILES string of the molecule is O=C(O)c1ccc2c(c1)nc(C1CC1)n2C1CCSC1. The molecule has 0 bridgehead atoms. The van der Waals surface area contributed by atoms with Crippen LogP contribution in [0, 0.1) is 0 Å². The molecule has 2 aromatic rings. The van der Waals surface area contributed by atoms with Crippen LogP contribution in [0.2, 0.25) is 0 Å². The first kappa shape index (κ1) is 12.3. The molecule has 1 atom stereocenters. The zero-order valence-corrected chi connectivity index (χ0v) is 11.9. The fraction of sp³-hybridized carbons (Fsp3) is 0.467. The summed E-state index contributed by atoms with van der Waals surface area (Å²) in [5.41, 5.74) is 2.26. The maximum absolute atomic E-state index is 11.1. The Balaban J connectivity index is 1.89. The summed E-state index contributed by atoms with van der Waals surface area (Å²) in [6.45, 7) is 0. The van der Waals surface area contributed by atoms with Crippen molar-refractivity contribution in [2.45, 2.75) is 31.2 Å². The third-order valence-electron chi connectivity index (χ3n) is 4.18. The lowest BCUT2D eigenvalue weighted by molar-refractivity contribution is 0.0697. The second kappa shape index (κ2) is 4.52. The van der Waals surface area contributed by atoms with Crippen LogP contribution >= 0.6 is 11.8 Å². The molecule has 1 unspecified atom stereocenters. The molecule has 2 fully saturated rings. The molecule has 1 aliphatic heterocycles. The second-order valence-electron chi connectivity index (χ2n) is 5.64. The summed E-state index contributed by atoms with van der Waals surface area (Å²) < 4.78 is 2.39. The molecule has 1 aliphatic carbocycles. The minimum Gasteiger partial charge on any atom is -0.478 e. The number of carbonyl (C=O) groups is 1. The summed E-state index contributed by atoms with van der Waals surface area (Å²) in [6, 6.07) is 5.86. The smallest absolute Gasteiger partial charge is 0.335 e. The molecule has 0 radical (unpaired) electrons. The van der Waals surface area contributed by atoms with Crippen LogP contribution in [0.5, 0.6) is 0 Å². The van der Waals surface area contributed by atoms with Crippen molar-refractivity contribution in [3.05, 3.63) is 29.6 Å². The number of aromatic nitrogens is 2. The molecule has 20 heavy (non-hydrogen) atoms. The van der Waals surface area contributed by atoms with Crippen molar-refractivity contribution in [3.8, 4) is 0 Å². The Morgan fingerprint density at radius 2 is 2.20 bits per heavy atom. The van der Waals surface area contributed by atoms with Gasteiger partial charge in [0.05, 0.1) is 16.6 Å². The van der Waals surface area contributed by atoms with E-state index in [1.54, 1.807) is 12.1 Å². The van der Waals surface area contributed by atoms with Gasteiger partial charge in [-0.2, -0.15) is 11.8 Å². The van der Waals surface area contributed by atoms with Crippen LogP contribution in [0.1, 0.15) is 47.4 Å². The highest BCUT2D eigenvalue weighted by Crippen LogP contribution is 2.43. The topological polar surface area (TPSA) is 55.1 Å². The fourth-order valence-electron chi connectivity index (χ4n) is 2.99. The van der Waals surface area contributed by atoms with Gasteiger partial charge in [-0.3, -0.25) is 0 Å². The van der Waals surface area contributed by atoms with Crippen molar-refractivity contribution in [3.63, 3.8) is 0 Å². The third kappa shape index (κ3) is 1.92. The minimum atomic E-state index is -0.883. The van der Waals surface area contributed by atoms with Crippen molar-refractivity contribution < 1.29 is 9.90 Å². The lowest BCUT2D eigenvalue weighted by atomic mass is 10.2. The average Bonchev–Trinajstić information content (AvgIpc) is 3.01. The minimum absolute atomic E-state index is 0.324. The van der Waals surface area contributed by atoms with Gasteiger partial charge in [0.1, 0.15) is 5.82 Å². The molecule has 5 heteroatoms. The Hall–Kier alpha value is -1.49. The number of nitrogens with zero attached hydrogens (tertiary/aromatic N) is 2. The van der Waals surface area contributed by atoms with E-state index in [4.69, 9.17) is 10.1 Å². The van der Waals surface area contributed by atoms with Crippen molar-refractivity contribution in [2.75, 3.05) is 11.5 Å². The van der Waals surface area contributed by atoms with Gasteiger partial charge < -0.3 is 9.67 Å². The normalized spacial score (nSPS) is 22.5. The largest absolute Gasteiger partial charge is 0.478 e. The van der Waals surface area contributed by atoms with Gasteiger partial charge in [-0.05, 0) is 43.2 Å². The van der Waals surface area contributed by atoms with Gasteiger partial charge in [0, 0.05) is 17.7 Å². The number of thioether (sulfide) groups is 1. The van der Waals surface area contributed by atoms with Crippen molar-refractivity contribution in [1.82, 2.24) is 9.55 Å². The summed E-state index contributed by atoms with van der Waals surface area (Å²) in [5, 5.41) is 9.12. The van der Waals surface area contributed by atoms with Crippen LogP contribution in [-0.4, -0.2) is 32.1 Å². The van der Waals surface area contributed by atoms with E-state index in [9.17, 15) is 4.79 Å². The first-order valence-electron chi connectivity index (χ1n) is 7.07. The first-order chi connectivity index (χ1) is 9.74. The van der Waals surface area contributed by atoms with Gasteiger partial charge >= 0.3 is 5.97 Å². The van der Waals surface area contributed by atoms with Crippen LogP contribution in [0.4, 0.5) is 0 Å². The van der Waals surface area contributed by atoms with Gasteiger partial charge in [-0.15, -0.1) is 0 Å². The zero-order chi connectivity index (χ0) is 13.7. The van der Waals surface area contributed by atoms with Crippen molar-refractivity contribution in [1.29, 1.82) is 0 Å². The predicted octanol–water partition coefficient (Wildman–Crippen LogP) is 3.29. The van der Waals surface area contributed by atoms with Crippen LogP contribution in [0.25, 0.3) is 11.0 Å². The number of rotatable bonds is 3. The van der Waals surface area contributed by atoms with Crippen LogP contribution in [0.15, 0.2) is 18.2 Å². The van der Waals surface area contributed by atoms with E-state index in [1.807, 2.05) is 17.8 Å². The Morgan fingerprint density at radius 1 is 1.35 bits per heavy atom. The zero-order valence-electron chi connectivity index (χ0n) is 11.1. The molecular formula is C15H16N2O2S. The molecular weight excluding hydrogens is 272 g/mol. The second-order valence-corrected chi connectivity index (χ2v) is 6.79. The van der Waals surface area contributed by atoms with E-state index in [0.717, 1.165) is 16.8 Å². The highest BCUT2D eigenvalue weighted by atomic mass is 32.2. The standard InChI is InChI=1S/C15H16N2O2S/c18-15(19)10-3-4-13-12(7-10)16-14(9-1-2-9)17(13)11-5-6-20-8-11/h3-4,7,9,11H,1-2,5-6,8H2,(H,18,19). The number of hydrogen-bond acceptors (Lipinski definition) is 3. The Labute approximate surface area is 121 Å². The average molecular weight is 288 g/mol. The summed E-state index contributed by atoms with van der Waals surface area (Å²) in [7, 11) is 0. The molecule has 4 rings (SSSR count). The van der Waals surface area contributed by atoms with E-state index in [-0.39, 0.29) is 0 Å². The summed E-state index contributed by atoms with van der Waals surface area (Å²) in [5.74, 6) is 3.23. The predicted molar refractivity (Wildman–Crippen MR) is 79.6 cm³/mol. The van der Waals surface area contributed by atoms with Gasteiger partial charge in [0.15, 0.2) is 0 Å². The van der Waals surface area contributed by atoms with Crippen LogP contribution < -0.4 is 0 Å². The maximum Gasteiger partial charge on any atom is 0.335 e. The molecule has 1 N–H and O–H groups in total. The molecule has 4 nitrogen and oxygen atoms in total. The highest BCUT2D eigenvalue weighted by molar-refractivity contribution is 7.99. The maximum atomic E-state index is 11.1. The third-order valence-corrected chi connectivity index (χ3v) is 5.32. The van der Waals surface area contributed by atoms with Crippen LogP contribution in [0.3, 0.4) is 0 Å². The van der Waals surface area contributed by atoms with E-state index >= 15 is 0 Å². The van der Waals surface area contributed by atoms with E-state index < -0.39 is 5.97 Å². The number of benzene rings is 1. The lowest BCUT2D eigenvalue weighted by Crippen LogP contribution is -2.11. The van der Waals surface area contributed by atoms with E-state index in [1.165, 1.54) is 30.8 Å². The lowest BCUT2D eigenvalue weighted by Gasteiger charge is -2.15. The summed E-state index contributed by atoms with van der Waals surface area (Å²) in [6.07, 6.45) is 3.63. The highest BCUT2D eigenvalue weighted by Gasteiger charge is 2.32. The number of imidazole rings is 1. The van der Waals surface area contributed by atoms with Gasteiger partial charge in [0.2, 0.25) is 0 Å². The number of carboxylic acids is 1. The summed E-state index contributed by atoms with van der Waals surface area (Å²) >= 11 is 2.00.